The van der Waals surface area contributed by atoms with Crippen molar-refractivity contribution >= 4 is 10.9 Å². The van der Waals surface area contributed by atoms with Gasteiger partial charge in [-0.15, -0.1) is 0 Å². The number of ether oxygens (including phenoxy) is 1. The van der Waals surface area contributed by atoms with E-state index in [1.54, 1.807) is 12.5 Å². The molecule has 0 aliphatic rings. The van der Waals surface area contributed by atoms with E-state index in [1.807, 2.05) is 42.5 Å². The minimum absolute atomic E-state index is 0.0204. The zero-order valence-corrected chi connectivity index (χ0v) is 15.7. The second kappa shape index (κ2) is 6.80. The highest BCUT2D eigenvalue weighted by Crippen LogP contribution is 2.33. The highest BCUT2D eigenvalue weighted by atomic mass is 16.5. The smallest absolute Gasteiger partial charge is 0.222 e. The summed E-state index contributed by atoms with van der Waals surface area (Å²) in [5.74, 6) is 1.22. The van der Waals surface area contributed by atoms with Gasteiger partial charge in [-0.25, -0.2) is 9.97 Å². The van der Waals surface area contributed by atoms with Crippen molar-refractivity contribution in [2.45, 2.75) is 26.2 Å². The second-order valence-corrected chi connectivity index (χ2v) is 7.50. The van der Waals surface area contributed by atoms with Gasteiger partial charge in [0.25, 0.3) is 0 Å². The first-order valence-electron chi connectivity index (χ1n) is 8.95. The first-order chi connectivity index (χ1) is 13.0. The van der Waals surface area contributed by atoms with Crippen LogP contribution in [0.15, 0.2) is 73.2 Å². The molecular formula is C23H21N3O. The summed E-state index contributed by atoms with van der Waals surface area (Å²) < 4.78 is 5.98. The zero-order valence-electron chi connectivity index (χ0n) is 15.7. The van der Waals surface area contributed by atoms with E-state index in [1.165, 1.54) is 5.56 Å². The van der Waals surface area contributed by atoms with Gasteiger partial charge >= 0.3 is 0 Å². The maximum atomic E-state index is 5.98. The van der Waals surface area contributed by atoms with Crippen molar-refractivity contribution in [2.75, 3.05) is 0 Å². The van der Waals surface area contributed by atoms with Gasteiger partial charge in [0, 0.05) is 29.3 Å². The maximum absolute atomic E-state index is 5.98. The fourth-order valence-corrected chi connectivity index (χ4v) is 3.13. The van der Waals surface area contributed by atoms with Crippen LogP contribution < -0.4 is 4.74 Å². The Morgan fingerprint density at radius 1 is 0.815 bits per heavy atom. The normalized spacial score (nSPS) is 11.5. The largest absolute Gasteiger partial charge is 0.439 e. The summed E-state index contributed by atoms with van der Waals surface area (Å²) in [6, 6.07) is 20.0. The fraction of sp³-hybridized carbons (Fsp3) is 0.174. The van der Waals surface area contributed by atoms with Crippen molar-refractivity contribution in [1.82, 2.24) is 15.0 Å². The molecule has 0 saturated heterocycles. The van der Waals surface area contributed by atoms with E-state index >= 15 is 0 Å². The van der Waals surface area contributed by atoms with Gasteiger partial charge in [0.15, 0.2) is 0 Å². The fourth-order valence-electron chi connectivity index (χ4n) is 3.13. The first-order valence-corrected chi connectivity index (χ1v) is 8.95. The molecular weight excluding hydrogens is 334 g/mol. The van der Waals surface area contributed by atoms with Crippen LogP contribution in [0.25, 0.3) is 22.2 Å². The third-order valence-corrected chi connectivity index (χ3v) is 4.45. The van der Waals surface area contributed by atoms with Crippen molar-refractivity contribution in [3.8, 4) is 22.9 Å². The van der Waals surface area contributed by atoms with Crippen LogP contribution >= 0.6 is 0 Å². The van der Waals surface area contributed by atoms with E-state index < -0.39 is 0 Å². The molecule has 0 amide bonds. The molecule has 0 radical (unpaired) electrons. The minimum atomic E-state index is 0.0204. The number of nitrogens with zero attached hydrogens (tertiary/aromatic N) is 3. The molecule has 4 rings (SSSR count). The molecule has 0 bridgehead atoms. The Morgan fingerprint density at radius 2 is 1.67 bits per heavy atom. The average Bonchev–Trinajstić information content (AvgIpc) is 2.67. The van der Waals surface area contributed by atoms with Crippen LogP contribution in [0.2, 0.25) is 0 Å². The van der Waals surface area contributed by atoms with Gasteiger partial charge in [-0.05, 0) is 29.2 Å². The number of hydrogen-bond donors (Lipinski definition) is 0. The lowest BCUT2D eigenvalue weighted by Crippen LogP contribution is -2.12. The molecule has 0 fully saturated rings. The molecule has 0 spiro atoms. The van der Waals surface area contributed by atoms with Crippen LogP contribution in [0, 0.1) is 0 Å². The number of aromatic nitrogens is 3. The Kier molecular flexibility index (Phi) is 4.32. The molecule has 0 atom stereocenters. The lowest BCUT2D eigenvalue weighted by Gasteiger charge is -2.22. The van der Waals surface area contributed by atoms with Crippen molar-refractivity contribution in [1.29, 1.82) is 0 Å². The molecule has 0 aliphatic carbocycles. The Labute approximate surface area is 158 Å². The summed E-state index contributed by atoms with van der Waals surface area (Å²) >= 11 is 0. The molecule has 0 aliphatic heterocycles. The highest BCUT2D eigenvalue weighted by Gasteiger charge is 2.19. The molecule has 0 unspecified atom stereocenters. The van der Waals surface area contributed by atoms with Gasteiger partial charge in [0.05, 0.1) is 11.2 Å². The zero-order chi connectivity index (χ0) is 18.9. The van der Waals surface area contributed by atoms with E-state index in [0.717, 1.165) is 22.2 Å². The van der Waals surface area contributed by atoms with E-state index in [0.29, 0.717) is 11.6 Å². The molecule has 2 aromatic carbocycles. The van der Waals surface area contributed by atoms with Crippen molar-refractivity contribution in [3.05, 3.63) is 78.8 Å². The van der Waals surface area contributed by atoms with E-state index in [2.05, 4.69) is 53.9 Å². The molecule has 0 saturated carbocycles. The van der Waals surface area contributed by atoms with Crippen LogP contribution in [0.5, 0.6) is 11.6 Å². The van der Waals surface area contributed by atoms with Gasteiger partial charge in [0.2, 0.25) is 5.88 Å². The molecule has 134 valence electrons. The summed E-state index contributed by atoms with van der Waals surface area (Å²) in [6.07, 6.45) is 3.32. The van der Waals surface area contributed by atoms with E-state index in [4.69, 9.17) is 4.74 Å². The Bertz CT molecular complexity index is 1100. The standard InChI is InChI=1S/C23H21N3O/c1-23(2,3)19-9-5-4-8-18(19)21-14-22(26-15-25-21)27-17-11-10-16-7-6-12-24-20(16)13-17/h4-15H,1-3H3. The topological polar surface area (TPSA) is 47.9 Å². The minimum Gasteiger partial charge on any atom is -0.439 e. The molecule has 4 nitrogen and oxygen atoms in total. The van der Waals surface area contributed by atoms with Gasteiger partial charge in [-0.3, -0.25) is 4.98 Å². The quantitative estimate of drug-likeness (QED) is 0.467. The SMILES string of the molecule is CC(C)(C)c1ccccc1-c1cc(Oc2ccc3cccnc3c2)ncn1. The summed E-state index contributed by atoms with van der Waals surface area (Å²) in [5.41, 5.74) is 4.10. The molecule has 2 heterocycles. The third-order valence-electron chi connectivity index (χ3n) is 4.45. The van der Waals surface area contributed by atoms with Gasteiger partial charge in [-0.1, -0.05) is 51.1 Å². The van der Waals surface area contributed by atoms with Gasteiger partial charge < -0.3 is 4.74 Å². The molecule has 2 aromatic heterocycles. The van der Waals surface area contributed by atoms with Gasteiger partial charge in [0.1, 0.15) is 12.1 Å². The lowest BCUT2D eigenvalue weighted by molar-refractivity contribution is 0.462. The van der Waals surface area contributed by atoms with Crippen molar-refractivity contribution < 1.29 is 4.74 Å². The Balaban J connectivity index is 1.69. The van der Waals surface area contributed by atoms with Gasteiger partial charge in [-0.2, -0.15) is 0 Å². The number of hydrogen-bond acceptors (Lipinski definition) is 4. The number of benzene rings is 2. The third kappa shape index (κ3) is 3.65. The second-order valence-electron chi connectivity index (χ2n) is 7.50. The predicted octanol–water partition coefficient (Wildman–Crippen LogP) is 5.78. The predicted molar refractivity (Wildman–Crippen MR) is 108 cm³/mol. The van der Waals surface area contributed by atoms with Crippen LogP contribution in [0.1, 0.15) is 26.3 Å². The van der Waals surface area contributed by atoms with E-state index in [9.17, 15) is 0 Å². The van der Waals surface area contributed by atoms with Crippen LogP contribution in [0.3, 0.4) is 0 Å². The summed E-state index contributed by atoms with van der Waals surface area (Å²) in [4.78, 5) is 13.1. The van der Waals surface area contributed by atoms with Crippen LogP contribution in [-0.2, 0) is 5.41 Å². The average molecular weight is 355 g/mol. The number of fused-ring (bicyclic) bond motifs is 1. The molecule has 4 heteroatoms. The molecule has 0 N–H and O–H groups in total. The molecule has 27 heavy (non-hydrogen) atoms. The van der Waals surface area contributed by atoms with Crippen LogP contribution in [0.4, 0.5) is 0 Å². The van der Waals surface area contributed by atoms with Crippen molar-refractivity contribution in [3.63, 3.8) is 0 Å². The lowest BCUT2D eigenvalue weighted by atomic mass is 9.83. The Hall–Kier alpha value is -3.27. The van der Waals surface area contributed by atoms with E-state index in [-0.39, 0.29) is 5.41 Å². The monoisotopic (exact) mass is 355 g/mol. The maximum Gasteiger partial charge on any atom is 0.222 e. The highest BCUT2D eigenvalue weighted by molar-refractivity contribution is 5.79. The molecule has 4 aromatic rings. The Morgan fingerprint density at radius 3 is 2.52 bits per heavy atom. The summed E-state index contributed by atoms with van der Waals surface area (Å²) in [6.45, 7) is 6.60. The summed E-state index contributed by atoms with van der Waals surface area (Å²) in [7, 11) is 0. The first kappa shape index (κ1) is 17.2. The summed E-state index contributed by atoms with van der Waals surface area (Å²) in [5, 5.41) is 1.08. The number of rotatable bonds is 3. The van der Waals surface area contributed by atoms with Crippen molar-refractivity contribution in [2.24, 2.45) is 0 Å². The number of pyridine rings is 1. The van der Waals surface area contributed by atoms with Crippen LogP contribution in [-0.4, -0.2) is 15.0 Å².